The van der Waals surface area contributed by atoms with E-state index in [-0.39, 0.29) is 11.8 Å². The van der Waals surface area contributed by atoms with Crippen LogP contribution in [0.2, 0.25) is 0 Å². The molecular weight excluding hydrogens is 463 g/mol. The summed E-state index contributed by atoms with van der Waals surface area (Å²) in [5.74, 6) is -0.211. The average Bonchev–Trinajstić information content (AvgIpc) is 2.64. The molecule has 0 saturated carbocycles. The van der Waals surface area contributed by atoms with Crippen LogP contribution in [0.25, 0.3) is 0 Å². The summed E-state index contributed by atoms with van der Waals surface area (Å²) in [4.78, 5) is 12.8. The number of sulfonamides is 1. The van der Waals surface area contributed by atoms with Crippen LogP contribution in [0, 0.1) is 16.4 Å². The molecule has 5 nitrogen and oxygen atoms in total. The molecule has 0 bridgehead atoms. The first-order valence-electron chi connectivity index (χ1n) is 8.50. The summed E-state index contributed by atoms with van der Waals surface area (Å²) in [7, 11) is -3.49. The number of carbonyl (C=O) groups is 1. The molecule has 1 amide bonds. The Hall–Kier alpha value is -1.45. The molecule has 0 aromatic heterocycles. The zero-order chi connectivity index (χ0) is 18.7. The number of amides is 1. The summed E-state index contributed by atoms with van der Waals surface area (Å²) in [5, 5.41) is 2.96. The van der Waals surface area contributed by atoms with Gasteiger partial charge in [-0.3, -0.25) is 4.79 Å². The first kappa shape index (κ1) is 19.3. The van der Waals surface area contributed by atoms with Gasteiger partial charge >= 0.3 is 0 Å². The van der Waals surface area contributed by atoms with Crippen molar-refractivity contribution in [1.29, 1.82) is 0 Å². The Morgan fingerprint density at radius 1 is 1.08 bits per heavy atom. The Morgan fingerprint density at radius 2 is 1.69 bits per heavy atom. The molecule has 0 spiro atoms. The Bertz CT molecular complexity index is 889. The molecule has 1 heterocycles. The molecule has 138 valence electrons. The van der Waals surface area contributed by atoms with Gasteiger partial charge in [-0.05, 0) is 66.6 Å². The molecule has 7 heteroatoms. The van der Waals surface area contributed by atoms with Gasteiger partial charge in [-0.1, -0.05) is 29.8 Å². The molecule has 1 aliphatic rings. The second kappa shape index (κ2) is 8.06. The van der Waals surface area contributed by atoms with Crippen LogP contribution in [0.4, 0.5) is 5.69 Å². The van der Waals surface area contributed by atoms with Gasteiger partial charge in [0.2, 0.25) is 15.9 Å². The lowest BCUT2D eigenvalue weighted by atomic mass is 9.97. The summed E-state index contributed by atoms with van der Waals surface area (Å²) in [6.07, 6.45) is 1.06. The van der Waals surface area contributed by atoms with Crippen LogP contribution in [0.5, 0.6) is 0 Å². The van der Waals surface area contributed by atoms with Crippen LogP contribution >= 0.6 is 22.6 Å². The molecule has 2 aromatic rings. The highest BCUT2D eigenvalue weighted by Crippen LogP contribution is 2.26. The van der Waals surface area contributed by atoms with Gasteiger partial charge in [-0.25, -0.2) is 8.42 Å². The number of anilines is 1. The third-order valence-corrected chi connectivity index (χ3v) is 7.47. The summed E-state index contributed by atoms with van der Waals surface area (Å²) in [6, 6.07) is 14.5. The maximum Gasteiger partial charge on any atom is 0.243 e. The van der Waals surface area contributed by atoms with E-state index in [1.807, 2.05) is 31.2 Å². The van der Waals surface area contributed by atoms with Crippen LogP contribution in [0.15, 0.2) is 53.4 Å². The van der Waals surface area contributed by atoms with E-state index in [0.717, 1.165) is 14.8 Å². The van der Waals surface area contributed by atoms with E-state index >= 15 is 0 Å². The third-order valence-electron chi connectivity index (χ3n) is 4.62. The number of hydrogen-bond donors (Lipinski definition) is 1. The molecule has 1 saturated heterocycles. The number of nitrogens with zero attached hydrogens (tertiary/aromatic N) is 1. The highest BCUT2D eigenvalue weighted by Gasteiger charge is 2.32. The van der Waals surface area contributed by atoms with Crippen LogP contribution in [-0.4, -0.2) is 31.7 Å². The fourth-order valence-corrected chi connectivity index (χ4v) is 5.01. The summed E-state index contributed by atoms with van der Waals surface area (Å²) >= 11 is 2.18. The number of benzene rings is 2. The first-order chi connectivity index (χ1) is 12.4. The predicted octanol–water partition coefficient (Wildman–Crippen LogP) is 3.64. The lowest BCUT2D eigenvalue weighted by Crippen LogP contribution is -2.41. The number of hydrogen-bond acceptors (Lipinski definition) is 3. The van der Waals surface area contributed by atoms with E-state index in [1.165, 1.54) is 4.31 Å². The Labute approximate surface area is 168 Å². The molecule has 1 aliphatic heterocycles. The van der Waals surface area contributed by atoms with Crippen LogP contribution in [-0.2, 0) is 14.8 Å². The predicted molar refractivity (Wildman–Crippen MR) is 110 cm³/mol. The molecule has 26 heavy (non-hydrogen) atoms. The standard InChI is InChI=1S/C19H21IN2O3S/c1-14-6-8-16(9-7-14)26(24,25)22-12-10-15(11-13-22)19(23)21-18-5-3-2-4-17(18)20/h2-9,15H,10-13H2,1H3,(H,21,23). The highest BCUT2D eigenvalue weighted by atomic mass is 127. The first-order valence-corrected chi connectivity index (χ1v) is 11.0. The van der Waals surface area contributed by atoms with Gasteiger partial charge in [0.15, 0.2) is 0 Å². The molecule has 0 aliphatic carbocycles. The van der Waals surface area contributed by atoms with E-state index in [2.05, 4.69) is 27.9 Å². The van der Waals surface area contributed by atoms with Crippen LogP contribution in [0.3, 0.4) is 0 Å². The summed E-state index contributed by atoms with van der Waals surface area (Å²) in [5.41, 5.74) is 1.82. The minimum absolute atomic E-state index is 0.0403. The number of piperidine rings is 1. The Balaban J connectivity index is 1.62. The largest absolute Gasteiger partial charge is 0.325 e. The molecule has 2 aromatic carbocycles. The van der Waals surface area contributed by atoms with Crippen molar-refractivity contribution in [3.05, 3.63) is 57.7 Å². The second-order valence-electron chi connectivity index (χ2n) is 6.46. The van der Waals surface area contributed by atoms with Gasteiger partial charge < -0.3 is 5.32 Å². The van der Waals surface area contributed by atoms with Crippen molar-refractivity contribution in [2.75, 3.05) is 18.4 Å². The SMILES string of the molecule is Cc1ccc(S(=O)(=O)N2CCC(C(=O)Nc3ccccc3I)CC2)cc1. The molecule has 0 atom stereocenters. The van der Waals surface area contributed by atoms with E-state index in [1.54, 1.807) is 24.3 Å². The maximum atomic E-state index is 12.7. The van der Waals surface area contributed by atoms with Crippen molar-refractivity contribution < 1.29 is 13.2 Å². The van der Waals surface area contributed by atoms with E-state index in [4.69, 9.17) is 0 Å². The van der Waals surface area contributed by atoms with Gasteiger partial charge in [0.05, 0.1) is 10.6 Å². The van der Waals surface area contributed by atoms with Gasteiger partial charge in [0.25, 0.3) is 0 Å². The molecule has 0 unspecified atom stereocenters. The zero-order valence-corrected chi connectivity index (χ0v) is 17.5. The number of carbonyl (C=O) groups excluding carboxylic acids is 1. The average molecular weight is 484 g/mol. The highest BCUT2D eigenvalue weighted by molar-refractivity contribution is 14.1. The third kappa shape index (κ3) is 4.27. The minimum atomic E-state index is -3.49. The zero-order valence-electron chi connectivity index (χ0n) is 14.5. The summed E-state index contributed by atoms with van der Waals surface area (Å²) < 4.78 is 27.9. The molecule has 0 radical (unpaired) electrons. The van der Waals surface area contributed by atoms with Crippen molar-refractivity contribution in [1.82, 2.24) is 4.31 Å². The van der Waals surface area contributed by atoms with Gasteiger partial charge in [0.1, 0.15) is 0 Å². The number of nitrogens with one attached hydrogen (secondary N) is 1. The van der Waals surface area contributed by atoms with Gasteiger partial charge in [-0.15, -0.1) is 0 Å². The van der Waals surface area contributed by atoms with Crippen LogP contribution < -0.4 is 5.32 Å². The second-order valence-corrected chi connectivity index (χ2v) is 9.56. The van der Waals surface area contributed by atoms with Crippen molar-refractivity contribution in [3.63, 3.8) is 0 Å². The minimum Gasteiger partial charge on any atom is -0.325 e. The summed E-state index contributed by atoms with van der Waals surface area (Å²) in [6.45, 7) is 2.65. The van der Waals surface area contributed by atoms with Crippen molar-refractivity contribution >= 4 is 44.2 Å². The van der Waals surface area contributed by atoms with Crippen molar-refractivity contribution in [2.24, 2.45) is 5.92 Å². The number of halogens is 1. The smallest absolute Gasteiger partial charge is 0.243 e. The number of para-hydroxylation sites is 1. The Kier molecular flexibility index (Phi) is 5.99. The molecule has 1 fully saturated rings. The number of aryl methyl sites for hydroxylation is 1. The fourth-order valence-electron chi connectivity index (χ4n) is 3.02. The van der Waals surface area contributed by atoms with E-state index < -0.39 is 10.0 Å². The molecular formula is C19H21IN2O3S. The van der Waals surface area contributed by atoms with Gasteiger partial charge in [-0.2, -0.15) is 4.31 Å². The maximum absolute atomic E-state index is 12.7. The lowest BCUT2D eigenvalue weighted by molar-refractivity contribution is -0.120. The van der Waals surface area contributed by atoms with Crippen molar-refractivity contribution in [2.45, 2.75) is 24.7 Å². The Morgan fingerprint density at radius 3 is 2.31 bits per heavy atom. The number of rotatable bonds is 4. The van der Waals surface area contributed by atoms with Crippen molar-refractivity contribution in [3.8, 4) is 0 Å². The lowest BCUT2D eigenvalue weighted by Gasteiger charge is -2.30. The quantitative estimate of drug-likeness (QED) is 0.675. The molecule has 3 rings (SSSR count). The van der Waals surface area contributed by atoms with Crippen LogP contribution in [0.1, 0.15) is 18.4 Å². The normalized spacial score (nSPS) is 16.4. The van der Waals surface area contributed by atoms with Gasteiger partial charge in [0, 0.05) is 22.6 Å². The fraction of sp³-hybridized carbons (Fsp3) is 0.316. The molecule has 1 N–H and O–H groups in total. The monoisotopic (exact) mass is 484 g/mol. The topological polar surface area (TPSA) is 66.5 Å². The van der Waals surface area contributed by atoms with E-state index in [9.17, 15) is 13.2 Å². The van der Waals surface area contributed by atoms with E-state index in [0.29, 0.717) is 30.8 Å².